The van der Waals surface area contributed by atoms with Crippen LogP contribution >= 0.6 is 0 Å². The molecule has 6 heteroatoms. The molecule has 0 saturated carbocycles. The van der Waals surface area contributed by atoms with E-state index in [2.05, 4.69) is 46.3 Å². The molecule has 0 amide bonds. The lowest BCUT2D eigenvalue weighted by atomic mass is 10.2. The fourth-order valence-corrected chi connectivity index (χ4v) is 2.92. The van der Waals surface area contributed by atoms with Crippen molar-refractivity contribution in [3.63, 3.8) is 0 Å². The largest absolute Gasteiger partial charge is 0.375 e. The second-order valence-electron chi connectivity index (χ2n) is 6.13. The van der Waals surface area contributed by atoms with Crippen LogP contribution < -0.4 is 10.2 Å². The maximum atomic E-state index is 5.58. The van der Waals surface area contributed by atoms with Crippen LogP contribution in [0.25, 0.3) is 0 Å². The molecule has 0 bridgehead atoms. The third-order valence-corrected chi connectivity index (χ3v) is 4.29. The van der Waals surface area contributed by atoms with Crippen LogP contribution in [0.2, 0.25) is 0 Å². The van der Waals surface area contributed by atoms with Crippen molar-refractivity contribution >= 4 is 5.82 Å². The average Bonchev–Trinajstić information content (AvgIpc) is 2.99. The van der Waals surface area contributed by atoms with Crippen molar-refractivity contribution in [2.24, 2.45) is 7.05 Å². The molecule has 0 spiro atoms. The van der Waals surface area contributed by atoms with Gasteiger partial charge in [0, 0.05) is 45.1 Å². The molecule has 3 rings (SSSR count). The lowest BCUT2D eigenvalue weighted by Gasteiger charge is -2.32. The van der Waals surface area contributed by atoms with Crippen molar-refractivity contribution in [3.8, 4) is 0 Å². The van der Waals surface area contributed by atoms with E-state index in [0.29, 0.717) is 0 Å². The number of aryl methyl sites for hydroxylation is 1. The summed E-state index contributed by atoms with van der Waals surface area (Å²) in [6.45, 7) is 7.63. The van der Waals surface area contributed by atoms with Crippen LogP contribution in [0.5, 0.6) is 0 Å². The van der Waals surface area contributed by atoms with Crippen LogP contribution in [0, 0.1) is 0 Å². The van der Waals surface area contributed by atoms with E-state index >= 15 is 0 Å². The zero-order valence-electron chi connectivity index (χ0n) is 14.1. The minimum absolute atomic E-state index is 0.252. The topological polar surface area (TPSA) is 55.2 Å². The predicted molar refractivity (Wildman–Crippen MR) is 90.3 cm³/mol. The van der Waals surface area contributed by atoms with E-state index in [1.54, 1.807) is 0 Å². The lowest BCUT2D eigenvalue weighted by molar-refractivity contribution is 0.0529. The second kappa shape index (κ2) is 7.10. The smallest absolute Gasteiger partial charge is 0.128 e. The summed E-state index contributed by atoms with van der Waals surface area (Å²) in [4.78, 5) is 6.89. The van der Waals surface area contributed by atoms with Gasteiger partial charge < -0.3 is 15.0 Å². The molecule has 0 aromatic carbocycles. The zero-order chi connectivity index (χ0) is 16.2. The molecule has 2 aromatic rings. The highest BCUT2D eigenvalue weighted by molar-refractivity contribution is 5.39. The number of ether oxygens (including phenoxy) is 1. The number of nitrogens with zero attached hydrogens (tertiary/aromatic N) is 4. The normalized spacial score (nSPS) is 19.8. The van der Waals surface area contributed by atoms with Gasteiger partial charge in [-0.2, -0.15) is 5.10 Å². The van der Waals surface area contributed by atoms with Gasteiger partial charge in [0.2, 0.25) is 0 Å². The van der Waals surface area contributed by atoms with Crippen molar-refractivity contribution < 1.29 is 4.74 Å². The fraction of sp³-hybridized carbons (Fsp3) is 0.529. The Morgan fingerprint density at radius 2 is 2.26 bits per heavy atom. The van der Waals surface area contributed by atoms with E-state index in [-0.39, 0.29) is 12.1 Å². The number of hydrogen-bond donors (Lipinski definition) is 1. The molecular formula is C17H25N5O. The van der Waals surface area contributed by atoms with Gasteiger partial charge in [-0.15, -0.1) is 0 Å². The molecule has 1 aliphatic rings. The van der Waals surface area contributed by atoms with E-state index in [0.717, 1.165) is 32.1 Å². The summed E-state index contributed by atoms with van der Waals surface area (Å²) in [5.41, 5.74) is 2.36. The standard InChI is InChI=1S/C17H25N5O/c1-13-12-22(8-9-23-13)17-5-4-15(11-19-17)10-18-14(2)16-6-7-20-21(16)3/h4-7,11,13-14,18H,8-10,12H2,1-3H3. The highest BCUT2D eigenvalue weighted by Gasteiger charge is 2.17. The van der Waals surface area contributed by atoms with Gasteiger partial charge in [-0.25, -0.2) is 4.98 Å². The number of rotatable bonds is 5. The van der Waals surface area contributed by atoms with Gasteiger partial charge in [-0.05, 0) is 31.5 Å². The molecule has 0 aliphatic carbocycles. The number of morpholine rings is 1. The molecule has 1 fully saturated rings. The summed E-state index contributed by atoms with van der Waals surface area (Å²) in [5.74, 6) is 1.03. The maximum absolute atomic E-state index is 5.58. The fourth-order valence-electron chi connectivity index (χ4n) is 2.92. The molecule has 1 aliphatic heterocycles. The van der Waals surface area contributed by atoms with Crippen molar-refractivity contribution in [1.82, 2.24) is 20.1 Å². The summed E-state index contributed by atoms with van der Waals surface area (Å²) in [6, 6.07) is 6.54. The van der Waals surface area contributed by atoms with Gasteiger partial charge in [0.25, 0.3) is 0 Å². The van der Waals surface area contributed by atoms with Gasteiger partial charge in [0.05, 0.1) is 18.4 Å². The number of aromatic nitrogens is 3. The van der Waals surface area contributed by atoms with Gasteiger partial charge in [0.1, 0.15) is 5.82 Å². The molecule has 0 radical (unpaired) electrons. The molecule has 1 saturated heterocycles. The third kappa shape index (κ3) is 3.89. The quantitative estimate of drug-likeness (QED) is 0.913. The summed E-state index contributed by atoms with van der Waals surface area (Å²) >= 11 is 0. The summed E-state index contributed by atoms with van der Waals surface area (Å²) in [7, 11) is 1.97. The highest BCUT2D eigenvalue weighted by atomic mass is 16.5. The molecule has 3 heterocycles. The van der Waals surface area contributed by atoms with Gasteiger partial charge in [-0.1, -0.05) is 6.07 Å². The van der Waals surface area contributed by atoms with Crippen LogP contribution in [0.3, 0.4) is 0 Å². The summed E-state index contributed by atoms with van der Waals surface area (Å²) in [6.07, 6.45) is 4.05. The summed E-state index contributed by atoms with van der Waals surface area (Å²) < 4.78 is 7.48. The van der Waals surface area contributed by atoms with Crippen LogP contribution in [0.4, 0.5) is 5.82 Å². The zero-order valence-corrected chi connectivity index (χ0v) is 14.1. The van der Waals surface area contributed by atoms with E-state index in [9.17, 15) is 0 Å². The molecule has 2 aromatic heterocycles. The highest BCUT2D eigenvalue weighted by Crippen LogP contribution is 2.16. The molecule has 2 atom stereocenters. The molecule has 6 nitrogen and oxygen atoms in total. The van der Waals surface area contributed by atoms with Crippen LogP contribution in [-0.2, 0) is 18.3 Å². The van der Waals surface area contributed by atoms with Gasteiger partial charge in [0.15, 0.2) is 0 Å². The monoisotopic (exact) mass is 315 g/mol. The van der Waals surface area contributed by atoms with Crippen molar-refractivity contribution in [1.29, 1.82) is 0 Å². The average molecular weight is 315 g/mol. The molecule has 2 unspecified atom stereocenters. The first-order valence-electron chi connectivity index (χ1n) is 8.16. The van der Waals surface area contributed by atoms with Crippen molar-refractivity contribution in [2.45, 2.75) is 32.5 Å². The number of hydrogen-bond acceptors (Lipinski definition) is 5. The Balaban J connectivity index is 1.56. The molecular weight excluding hydrogens is 290 g/mol. The van der Waals surface area contributed by atoms with Crippen molar-refractivity contribution in [3.05, 3.63) is 41.9 Å². The lowest BCUT2D eigenvalue weighted by Crippen LogP contribution is -2.41. The Hall–Kier alpha value is -1.92. The number of pyridine rings is 1. The Kier molecular flexibility index (Phi) is 4.93. The Bertz CT molecular complexity index is 624. The predicted octanol–water partition coefficient (Wildman–Crippen LogP) is 1.89. The Morgan fingerprint density at radius 1 is 1.39 bits per heavy atom. The third-order valence-electron chi connectivity index (χ3n) is 4.29. The van der Waals surface area contributed by atoms with E-state index in [1.165, 1.54) is 11.3 Å². The first kappa shape index (κ1) is 16.0. The summed E-state index contributed by atoms with van der Waals surface area (Å²) in [5, 5.41) is 7.72. The number of anilines is 1. The minimum Gasteiger partial charge on any atom is -0.375 e. The maximum Gasteiger partial charge on any atom is 0.128 e. The van der Waals surface area contributed by atoms with E-state index in [4.69, 9.17) is 4.74 Å². The van der Waals surface area contributed by atoms with Crippen LogP contribution in [0.1, 0.15) is 31.1 Å². The Morgan fingerprint density at radius 3 is 2.91 bits per heavy atom. The number of nitrogens with one attached hydrogen (secondary N) is 1. The van der Waals surface area contributed by atoms with Crippen molar-refractivity contribution in [2.75, 3.05) is 24.6 Å². The van der Waals surface area contributed by atoms with Gasteiger partial charge >= 0.3 is 0 Å². The first-order chi connectivity index (χ1) is 11.1. The van der Waals surface area contributed by atoms with Gasteiger partial charge in [-0.3, -0.25) is 4.68 Å². The molecule has 124 valence electrons. The SMILES string of the molecule is CC1CN(c2ccc(CNC(C)c3ccnn3C)cn2)CCO1. The Labute approximate surface area is 137 Å². The van der Waals surface area contributed by atoms with Crippen LogP contribution in [0.15, 0.2) is 30.6 Å². The second-order valence-corrected chi connectivity index (χ2v) is 6.13. The first-order valence-corrected chi connectivity index (χ1v) is 8.16. The van der Waals surface area contributed by atoms with E-state index in [1.807, 2.05) is 30.2 Å². The minimum atomic E-state index is 0.252. The van der Waals surface area contributed by atoms with Crippen LogP contribution in [-0.4, -0.2) is 40.6 Å². The molecule has 23 heavy (non-hydrogen) atoms. The van der Waals surface area contributed by atoms with E-state index < -0.39 is 0 Å². The molecule has 1 N–H and O–H groups in total.